The summed E-state index contributed by atoms with van der Waals surface area (Å²) in [5.74, 6) is -0.266. The number of carbonyl (C=O) groups is 2. The van der Waals surface area contributed by atoms with E-state index in [0.717, 1.165) is 19.9 Å². The summed E-state index contributed by atoms with van der Waals surface area (Å²) in [6.07, 6.45) is 0.936. The maximum Gasteiger partial charge on any atom is 0.264 e. The number of nitrogens with zero attached hydrogens (tertiary/aromatic N) is 2. The van der Waals surface area contributed by atoms with E-state index in [9.17, 15) is 18.0 Å². The van der Waals surface area contributed by atoms with Gasteiger partial charge in [-0.15, -0.1) is 0 Å². The highest BCUT2D eigenvalue weighted by Crippen LogP contribution is 2.32. The van der Waals surface area contributed by atoms with Gasteiger partial charge in [-0.25, -0.2) is 8.42 Å². The second-order valence-corrected chi connectivity index (χ2v) is 13.8. The Hall–Kier alpha value is -4.35. The Morgan fingerprint density at radius 3 is 2.09 bits per heavy atom. The smallest absolute Gasteiger partial charge is 0.264 e. The molecule has 0 aliphatic carbocycles. The van der Waals surface area contributed by atoms with Gasteiger partial charge in [-0.1, -0.05) is 83.5 Å². The number of anilines is 1. The summed E-state index contributed by atoms with van der Waals surface area (Å²) in [6.45, 7) is 3.39. The summed E-state index contributed by atoms with van der Waals surface area (Å²) in [7, 11) is -1.42. The lowest BCUT2D eigenvalue weighted by atomic mass is 10.0. The number of sulfonamides is 1. The Morgan fingerprint density at radius 1 is 0.830 bits per heavy atom. The van der Waals surface area contributed by atoms with Crippen LogP contribution in [0.25, 0.3) is 0 Å². The van der Waals surface area contributed by atoms with Crippen LogP contribution in [0.2, 0.25) is 0 Å². The highest BCUT2D eigenvalue weighted by atomic mass is 79.9. The topological polar surface area (TPSA) is 105 Å². The van der Waals surface area contributed by atoms with Crippen molar-refractivity contribution < 1.29 is 27.5 Å². The predicted molar refractivity (Wildman–Crippen MR) is 187 cm³/mol. The third kappa shape index (κ3) is 9.14. The lowest BCUT2D eigenvalue weighted by Crippen LogP contribution is -2.54. The van der Waals surface area contributed by atoms with Crippen LogP contribution in [-0.4, -0.2) is 58.0 Å². The number of hydrogen-bond donors (Lipinski definition) is 1. The van der Waals surface area contributed by atoms with Gasteiger partial charge < -0.3 is 19.7 Å². The SMILES string of the molecule is CC[C@@H](C)NC(=O)[C@H](Cc1ccccc1)N(Cc1cccc(Br)c1)C(=O)CN(c1ccccc1)S(=O)(=O)c1ccc(OC)c(OC)c1. The zero-order chi connectivity index (χ0) is 34.0. The molecule has 2 atom stereocenters. The third-order valence-electron chi connectivity index (χ3n) is 7.78. The van der Waals surface area contributed by atoms with E-state index in [4.69, 9.17) is 9.47 Å². The number of para-hydroxylation sites is 1. The molecule has 0 unspecified atom stereocenters. The number of rotatable bonds is 15. The van der Waals surface area contributed by atoms with Crippen LogP contribution < -0.4 is 19.1 Å². The highest BCUT2D eigenvalue weighted by molar-refractivity contribution is 9.10. The van der Waals surface area contributed by atoms with Crippen LogP contribution in [0.4, 0.5) is 5.69 Å². The first-order valence-corrected chi connectivity index (χ1v) is 17.5. The highest BCUT2D eigenvalue weighted by Gasteiger charge is 2.35. The summed E-state index contributed by atoms with van der Waals surface area (Å²) < 4.78 is 41.2. The maximum absolute atomic E-state index is 14.6. The second-order valence-electron chi connectivity index (χ2n) is 11.0. The molecule has 0 aromatic heterocycles. The number of hydrogen-bond acceptors (Lipinski definition) is 6. The molecular formula is C36H40BrN3O6S. The van der Waals surface area contributed by atoms with Gasteiger partial charge in [0.15, 0.2) is 11.5 Å². The molecule has 0 aliphatic rings. The van der Waals surface area contributed by atoms with Crippen LogP contribution in [0.1, 0.15) is 31.4 Å². The van der Waals surface area contributed by atoms with Crippen molar-refractivity contribution in [1.82, 2.24) is 10.2 Å². The van der Waals surface area contributed by atoms with Gasteiger partial charge in [-0.05, 0) is 60.9 Å². The van der Waals surface area contributed by atoms with Crippen LogP contribution in [0.3, 0.4) is 0 Å². The van der Waals surface area contributed by atoms with Crippen molar-refractivity contribution >= 4 is 43.5 Å². The van der Waals surface area contributed by atoms with Gasteiger partial charge in [-0.2, -0.15) is 0 Å². The van der Waals surface area contributed by atoms with Crippen LogP contribution in [-0.2, 0) is 32.6 Å². The van der Waals surface area contributed by atoms with E-state index in [1.165, 1.54) is 37.3 Å². The van der Waals surface area contributed by atoms with Crippen molar-refractivity contribution in [2.75, 3.05) is 25.1 Å². The second kappa shape index (κ2) is 16.5. The number of amides is 2. The largest absolute Gasteiger partial charge is 0.493 e. The van der Waals surface area contributed by atoms with Crippen molar-refractivity contribution in [3.63, 3.8) is 0 Å². The van der Waals surface area contributed by atoms with Gasteiger partial charge >= 0.3 is 0 Å². The third-order valence-corrected chi connectivity index (χ3v) is 10.0. The number of benzene rings is 4. The molecule has 248 valence electrons. The van der Waals surface area contributed by atoms with E-state index in [-0.39, 0.29) is 35.6 Å². The molecule has 0 aliphatic heterocycles. The minimum absolute atomic E-state index is 0.0722. The van der Waals surface area contributed by atoms with E-state index in [1.54, 1.807) is 30.3 Å². The monoisotopic (exact) mass is 721 g/mol. The molecule has 0 radical (unpaired) electrons. The molecule has 9 nitrogen and oxygen atoms in total. The molecule has 0 spiro atoms. The lowest BCUT2D eigenvalue weighted by Gasteiger charge is -2.34. The summed E-state index contributed by atoms with van der Waals surface area (Å²) >= 11 is 3.51. The van der Waals surface area contributed by atoms with Gasteiger partial charge in [0.2, 0.25) is 11.8 Å². The lowest BCUT2D eigenvalue weighted by molar-refractivity contribution is -0.140. The van der Waals surface area contributed by atoms with Crippen molar-refractivity contribution in [3.05, 3.63) is 119 Å². The minimum atomic E-state index is -4.31. The maximum atomic E-state index is 14.6. The summed E-state index contributed by atoms with van der Waals surface area (Å²) in [5.41, 5.74) is 1.93. The molecule has 4 rings (SSSR count). The zero-order valence-electron chi connectivity index (χ0n) is 26.9. The Balaban J connectivity index is 1.81. The van der Waals surface area contributed by atoms with Crippen LogP contribution in [0.5, 0.6) is 11.5 Å². The van der Waals surface area contributed by atoms with E-state index < -0.39 is 28.5 Å². The summed E-state index contributed by atoms with van der Waals surface area (Å²) in [6, 6.07) is 28.6. The fourth-order valence-electron chi connectivity index (χ4n) is 5.05. The quantitative estimate of drug-likeness (QED) is 0.156. The summed E-state index contributed by atoms with van der Waals surface area (Å²) in [4.78, 5) is 29.9. The first-order chi connectivity index (χ1) is 22.6. The Morgan fingerprint density at radius 2 is 1.47 bits per heavy atom. The van der Waals surface area contributed by atoms with Gasteiger partial charge in [0.1, 0.15) is 12.6 Å². The molecule has 1 N–H and O–H groups in total. The fourth-order valence-corrected chi connectivity index (χ4v) is 6.93. The Bertz CT molecular complexity index is 1760. The number of halogens is 1. The molecule has 0 saturated carbocycles. The van der Waals surface area contributed by atoms with Crippen LogP contribution in [0, 0.1) is 0 Å². The van der Waals surface area contributed by atoms with Gasteiger partial charge in [0.25, 0.3) is 10.0 Å². The van der Waals surface area contributed by atoms with Crippen LogP contribution >= 0.6 is 15.9 Å². The van der Waals surface area contributed by atoms with E-state index >= 15 is 0 Å². The molecular weight excluding hydrogens is 682 g/mol. The van der Waals surface area contributed by atoms with Crippen molar-refractivity contribution in [2.45, 2.75) is 50.2 Å². The molecule has 0 bridgehead atoms. The van der Waals surface area contributed by atoms with Crippen LogP contribution in [0.15, 0.2) is 112 Å². The zero-order valence-corrected chi connectivity index (χ0v) is 29.3. The first-order valence-electron chi connectivity index (χ1n) is 15.2. The van der Waals surface area contributed by atoms with Crippen molar-refractivity contribution in [1.29, 1.82) is 0 Å². The molecule has 2 amide bonds. The molecule has 0 saturated heterocycles. The molecule has 47 heavy (non-hydrogen) atoms. The molecule has 4 aromatic carbocycles. The van der Waals surface area contributed by atoms with E-state index in [1.807, 2.05) is 68.4 Å². The average molecular weight is 723 g/mol. The van der Waals surface area contributed by atoms with E-state index in [0.29, 0.717) is 17.9 Å². The number of carbonyl (C=O) groups excluding carboxylic acids is 2. The average Bonchev–Trinajstić information content (AvgIpc) is 3.08. The standard InChI is InChI=1S/C36H40BrN3O6S/c1-5-26(2)38-36(42)32(22-27-13-8-6-9-14-27)39(24-28-15-12-16-29(37)21-28)35(41)25-40(30-17-10-7-11-18-30)47(43,44)31-19-20-33(45-3)34(23-31)46-4/h6-21,23,26,32H,5,22,24-25H2,1-4H3,(H,38,42)/t26-,32+/m1/s1. The number of ether oxygens (including phenoxy) is 2. The van der Waals surface area contributed by atoms with Crippen molar-refractivity contribution in [3.8, 4) is 11.5 Å². The first kappa shape index (κ1) is 35.5. The number of nitrogens with one attached hydrogen (secondary N) is 1. The predicted octanol–water partition coefficient (Wildman–Crippen LogP) is 6.22. The van der Waals surface area contributed by atoms with E-state index in [2.05, 4.69) is 21.2 Å². The van der Waals surface area contributed by atoms with Gasteiger partial charge in [-0.3, -0.25) is 13.9 Å². The molecule has 0 fully saturated rings. The Kier molecular flexibility index (Phi) is 12.4. The molecule has 0 heterocycles. The minimum Gasteiger partial charge on any atom is -0.493 e. The normalized spacial score (nSPS) is 12.4. The molecule has 4 aromatic rings. The van der Waals surface area contributed by atoms with Gasteiger partial charge in [0.05, 0.1) is 24.8 Å². The summed E-state index contributed by atoms with van der Waals surface area (Å²) in [5, 5.41) is 3.05. The number of methoxy groups -OCH3 is 2. The van der Waals surface area contributed by atoms with Gasteiger partial charge in [0, 0.05) is 29.5 Å². The van der Waals surface area contributed by atoms with Crippen molar-refractivity contribution in [2.24, 2.45) is 0 Å². The fraction of sp³-hybridized carbons (Fsp3) is 0.278. The molecule has 11 heteroatoms. The Labute approximate surface area is 285 Å².